The van der Waals surface area contributed by atoms with Crippen molar-refractivity contribution < 1.29 is 9.53 Å². The molecule has 0 saturated carbocycles. The van der Waals surface area contributed by atoms with Crippen molar-refractivity contribution >= 4 is 46.0 Å². The lowest BCUT2D eigenvalue weighted by molar-refractivity contribution is -0.115. The first-order chi connectivity index (χ1) is 12.5. The summed E-state index contributed by atoms with van der Waals surface area (Å²) < 4.78 is 7.39. The van der Waals surface area contributed by atoms with Gasteiger partial charge in [0.1, 0.15) is 5.75 Å². The van der Waals surface area contributed by atoms with Crippen LogP contribution in [0.1, 0.15) is 13.8 Å². The van der Waals surface area contributed by atoms with Crippen LogP contribution >= 0.6 is 23.4 Å². The molecule has 0 fully saturated rings. The number of anilines is 1. The summed E-state index contributed by atoms with van der Waals surface area (Å²) in [4.78, 5) is 17.3. The van der Waals surface area contributed by atoms with Crippen molar-refractivity contribution in [2.75, 3.05) is 12.4 Å². The van der Waals surface area contributed by atoms with Crippen LogP contribution < -0.4 is 10.1 Å². The van der Waals surface area contributed by atoms with Crippen molar-refractivity contribution in [3.8, 4) is 5.75 Å². The van der Waals surface area contributed by atoms with Gasteiger partial charge in [0.05, 0.1) is 29.1 Å². The predicted octanol–water partition coefficient (Wildman–Crippen LogP) is 4.84. The molecule has 136 valence electrons. The lowest BCUT2D eigenvalue weighted by Crippen LogP contribution is -2.23. The maximum atomic E-state index is 12.6. The molecule has 0 aliphatic carbocycles. The van der Waals surface area contributed by atoms with Crippen molar-refractivity contribution in [3.05, 3.63) is 47.5 Å². The molecule has 7 heteroatoms. The zero-order valence-corrected chi connectivity index (χ0v) is 16.4. The number of rotatable bonds is 6. The third kappa shape index (κ3) is 3.81. The monoisotopic (exact) mass is 389 g/mol. The number of benzene rings is 2. The molecule has 1 N–H and O–H groups in total. The minimum atomic E-state index is -0.333. The standard InChI is InChI=1S/C19H20ClN3O2S/c1-4-23-16-8-6-5-7-14(16)22-19(23)26-12(2)18(24)21-15-11-13(20)9-10-17(15)25-3/h5-12H,4H2,1-3H3,(H,21,24)/t12-/m1/s1. The number of para-hydroxylation sites is 2. The van der Waals surface area contributed by atoms with Gasteiger partial charge in [0.15, 0.2) is 5.16 Å². The lowest BCUT2D eigenvalue weighted by Gasteiger charge is -2.14. The quantitative estimate of drug-likeness (QED) is 0.613. The van der Waals surface area contributed by atoms with Crippen LogP contribution in [0.4, 0.5) is 5.69 Å². The first-order valence-electron chi connectivity index (χ1n) is 8.29. The molecule has 5 nitrogen and oxygen atoms in total. The van der Waals surface area contributed by atoms with Gasteiger partial charge in [-0.2, -0.15) is 0 Å². The molecule has 0 radical (unpaired) electrons. The van der Waals surface area contributed by atoms with Crippen molar-refractivity contribution in [3.63, 3.8) is 0 Å². The van der Waals surface area contributed by atoms with E-state index in [1.165, 1.54) is 11.8 Å². The Balaban J connectivity index is 1.79. The molecule has 1 atom stereocenters. The zero-order chi connectivity index (χ0) is 18.7. The van der Waals surface area contributed by atoms with Crippen LogP contribution in [0, 0.1) is 0 Å². The van der Waals surface area contributed by atoms with E-state index in [1.54, 1.807) is 25.3 Å². The average Bonchev–Trinajstić information content (AvgIpc) is 2.98. The number of aromatic nitrogens is 2. The number of halogens is 1. The van der Waals surface area contributed by atoms with Gasteiger partial charge in [-0.15, -0.1) is 0 Å². The molecule has 26 heavy (non-hydrogen) atoms. The van der Waals surface area contributed by atoms with Crippen molar-refractivity contribution in [2.45, 2.75) is 30.8 Å². The number of imidazole rings is 1. The minimum Gasteiger partial charge on any atom is -0.495 e. The Kier molecular flexibility index (Phi) is 5.74. The van der Waals surface area contributed by atoms with E-state index >= 15 is 0 Å². The van der Waals surface area contributed by atoms with Crippen LogP contribution in [0.3, 0.4) is 0 Å². The van der Waals surface area contributed by atoms with E-state index in [9.17, 15) is 4.79 Å². The zero-order valence-electron chi connectivity index (χ0n) is 14.8. The summed E-state index contributed by atoms with van der Waals surface area (Å²) in [6, 6.07) is 13.1. The van der Waals surface area contributed by atoms with Gasteiger partial charge in [-0.3, -0.25) is 4.79 Å². The fourth-order valence-corrected chi connectivity index (χ4v) is 3.83. The molecule has 0 unspecified atom stereocenters. The number of thioether (sulfide) groups is 1. The molecule has 0 aliphatic heterocycles. The molecular weight excluding hydrogens is 370 g/mol. The van der Waals surface area contributed by atoms with Crippen molar-refractivity contribution in [1.82, 2.24) is 9.55 Å². The highest BCUT2D eigenvalue weighted by Crippen LogP contribution is 2.30. The predicted molar refractivity (Wildman–Crippen MR) is 107 cm³/mol. The van der Waals surface area contributed by atoms with E-state index in [0.29, 0.717) is 16.5 Å². The van der Waals surface area contributed by atoms with Crippen LogP contribution in [0.15, 0.2) is 47.6 Å². The minimum absolute atomic E-state index is 0.134. The molecule has 0 aliphatic rings. The molecule has 3 rings (SSSR count). The number of hydrogen-bond donors (Lipinski definition) is 1. The maximum Gasteiger partial charge on any atom is 0.237 e. The fraction of sp³-hybridized carbons (Fsp3) is 0.263. The van der Waals surface area contributed by atoms with Crippen LogP contribution in [-0.4, -0.2) is 27.8 Å². The first-order valence-corrected chi connectivity index (χ1v) is 9.55. The van der Waals surface area contributed by atoms with Gasteiger partial charge in [0.2, 0.25) is 5.91 Å². The summed E-state index contributed by atoms with van der Waals surface area (Å²) in [5.74, 6) is 0.436. The number of amides is 1. The summed E-state index contributed by atoms with van der Waals surface area (Å²) in [7, 11) is 1.56. The van der Waals surface area contributed by atoms with E-state index < -0.39 is 0 Å². The molecule has 0 spiro atoms. The van der Waals surface area contributed by atoms with Crippen LogP contribution in [0.5, 0.6) is 5.75 Å². The smallest absolute Gasteiger partial charge is 0.237 e. The van der Waals surface area contributed by atoms with E-state index in [2.05, 4.69) is 21.8 Å². The van der Waals surface area contributed by atoms with E-state index in [-0.39, 0.29) is 11.2 Å². The van der Waals surface area contributed by atoms with Gasteiger partial charge >= 0.3 is 0 Å². The van der Waals surface area contributed by atoms with Crippen LogP contribution in [-0.2, 0) is 11.3 Å². The van der Waals surface area contributed by atoms with E-state index in [0.717, 1.165) is 22.7 Å². The normalized spacial score (nSPS) is 12.2. The van der Waals surface area contributed by atoms with Crippen molar-refractivity contribution in [1.29, 1.82) is 0 Å². The summed E-state index contributed by atoms with van der Waals surface area (Å²) in [5, 5.41) is 3.92. The summed E-state index contributed by atoms with van der Waals surface area (Å²) in [6.07, 6.45) is 0. The van der Waals surface area contributed by atoms with Gasteiger partial charge in [-0.1, -0.05) is 35.5 Å². The number of methoxy groups -OCH3 is 1. The molecule has 0 bridgehead atoms. The highest BCUT2D eigenvalue weighted by Gasteiger charge is 2.20. The van der Waals surface area contributed by atoms with Gasteiger partial charge in [0, 0.05) is 11.6 Å². The topological polar surface area (TPSA) is 56.2 Å². The van der Waals surface area contributed by atoms with E-state index in [1.807, 2.05) is 31.2 Å². The number of aryl methyl sites for hydroxylation is 1. The largest absolute Gasteiger partial charge is 0.495 e. The first kappa shape index (κ1) is 18.6. The van der Waals surface area contributed by atoms with Gasteiger partial charge in [0.25, 0.3) is 0 Å². The van der Waals surface area contributed by atoms with Crippen molar-refractivity contribution in [2.24, 2.45) is 0 Å². The fourth-order valence-electron chi connectivity index (χ4n) is 2.67. The Morgan fingerprint density at radius 2 is 2.12 bits per heavy atom. The number of nitrogens with zero attached hydrogens (tertiary/aromatic N) is 2. The molecule has 1 aromatic heterocycles. The Labute approximate surface area is 161 Å². The number of hydrogen-bond acceptors (Lipinski definition) is 4. The summed E-state index contributed by atoms with van der Waals surface area (Å²) >= 11 is 7.46. The second-order valence-electron chi connectivity index (χ2n) is 5.72. The Bertz CT molecular complexity index is 942. The Morgan fingerprint density at radius 3 is 2.85 bits per heavy atom. The SMILES string of the molecule is CCn1c(S[C@H](C)C(=O)Nc2cc(Cl)ccc2OC)nc2ccccc21. The molecule has 3 aromatic rings. The summed E-state index contributed by atoms with van der Waals surface area (Å²) in [5.41, 5.74) is 2.56. The Morgan fingerprint density at radius 1 is 1.35 bits per heavy atom. The Hall–Kier alpha value is -2.18. The molecule has 2 aromatic carbocycles. The average molecular weight is 390 g/mol. The number of fused-ring (bicyclic) bond motifs is 1. The van der Waals surface area contributed by atoms with Gasteiger partial charge in [-0.25, -0.2) is 4.98 Å². The summed E-state index contributed by atoms with van der Waals surface area (Å²) in [6.45, 7) is 4.72. The third-order valence-electron chi connectivity index (χ3n) is 4.01. The highest BCUT2D eigenvalue weighted by molar-refractivity contribution is 8.00. The highest BCUT2D eigenvalue weighted by atomic mass is 35.5. The maximum absolute atomic E-state index is 12.6. The number of carbonyl (C=O) groups is 1. The molecule has 1 heterocycles. The van der Waals surface area contributed by atoms with E-state index in [4.69, 9.17) is 16.3 Å². The number of carbonyl (C=O) groups excluding carboxylic acids is 1. The second-order valence-corrected chi connectivity index (χ2v) is 7.47. The molecular formula is C19H20ClN3O2S. The van der Waals surface area contributed by atoms with Crippen LogP contribution in [0.2, 0.25) is 5.02 Å². The van der Waals surface area contributed by atoms with Gasteiger partial charge < -0.3 is 14.6 Å². The third-order valence-corrected chi connectivity index (χ3v) is 5.33. The number of nitrogens with one attached hydrogen (secondary N) is 1. The second kappa shape index (κ2) is 8.01. The molecule has 0 saturated heterocycles. The molecule has 1 amide bonds. The number of ether oxygens (including phenoxy) is 1. The lowest BCUT2D eigenvalue weighted by atomic mass is 10.3. The van der Waals surface area contributed by atoms with Gasteiger partial charge in [-0.05, 0) is 44.2 Å². The van der Waals surface area contributed by atoms with Crippen LogP contribution in [0.25, 0.3) is 11.0 Å².